The van der Waals surface area contributed by atoms with Crippen LogP contribution < -0.4 is 5.32 Å². The van der Waals surface area contributed by atoms with Crippen molar-refractivity contribution >= 4 is 0 Å². The van der Waals surface area contributed by atoms with Gasteiger partial charge in [-0.2, -0.15) is 0 Å². The van der Waals surface area contributed by atoms with Crippen LogP contribution in [0.1, 0.15) is 29.0 Å². The van der Waals surface area contributed by atoms with Gasteiger partial charge < -0.3 is 15.2 Å². The standard InChI is InChI=1S/C26H28FNO2/c27-22-13-11-19(12-14-22)15-16-28-23-18-30-25(17-24(23)29)26(20-7-3-1-4-8-20)21-9-5-2-6-10-21/h1-14,23-26,28-29H,15-18H2/t23-,24-,25+/m0/s1. The van der Waals surface area contributed by atoms with Crippen LogP contribution in [-0.4, -0.2) is 36.5 Å². The molecule has 0 bridgehead atoms. The number of nitrogens with one attached hydrogen (secondary N) is 1. The monoisotopic (exact) mass is 405 g/mol. The molecule has 4 rings (SSSR count). The van der Waals surface area contributed by atoms with Gasteiger partial charge >= 0.3 is 0 Å². The first-order chi connectivity index (χ1) is 14.7. The molecule has 1 saturated heterocycles. The van der Waals surface area contributed by atoms with E-state index in [2.05, 4.69) is 29.6 Å². The van der Waals surface area contributed by atoms with Gasteiger partial charge in [-0.1, -0.05) is 72.8 Å². The third-order valence-corrected chi connectivity index (χ3v) is 5.85. The summed E-state index contributed by atoms with van der Waals surface area (Å²) in [7, 11) is 0. The Morgan fingerprint density at radius 3 is 2.07 bits per heavy atom. The molecule has 30 heavy (non-hydrogen) atoms. The highest BCUT2D eigenvalue weighted by Gasteiger charge is 2.35. The third-order valence-electron chi connectivity index (χ3n) is 5.85. The Morgan fingerprint density at radius 1 is 0.900 bits per heavy atom. The van der Waals surface area contributed by atoms with Crippen LogP contribution in [-0.2, 0) is 11.2 Å². The van der Waals surface area contributed by atoms with Gasteiger partial charge in [0.1, 0.15) is 5.82 Å². The van der Waals surface area contributed by atoms with Crippen molar-refractivity contribution in [2.45, 2.75) is 37.0 Å². The Kier molecular flexibility index (Phi) is 6.90. The number of ether oxygens (including phenoxy) is 1. The van der Waals surface area contributed by atoms with Gasteiger partial charge in [0.15, 0.2) is 0 Å². The summed E-state index contributed by atoms with van der Waals surface area (Å²) in [5, 5.41) is 14.2. The summed E-state index contributed by atoms with van der Waals surface area (Å²) in [5.74, 6) is -0.137. The van der Waals surface area contributed by atoms with Crippen LogP contribution in [0.4, 0.5) is 4.39 Å². The molecule has 3 atom stereocenters. The zero-order valence-electron chi connectivity index (χ0n) is 17.0. The molecule has 0 radical (unpaired) electrons. The molecular formula is C26H28FNO2. The lowest BCUT2D eigenvalue weighted by molar-refractivity contribution is -0.0712. The van der Waals surface area contributed by atoms with Gasteiger partial charge in [-0.05, 0) is 41.8 Å². The van der Waals surface area contributed by atoms with Gasteiger partial charge in [-0.15, -0.1) is 0 Å². The van der Waals surface area contributed by atoms with E-state index in [1.807, 2.05) is 36.4 Å². The second kappa shape index (κ2) is 9.98. The summed E-state index contributed by atoms with van der Waals surface area (Å²) in [4.78, 5) is 0. The van der Waals surface area contributed by atoms with Gasteiger partial charge in [0, 0.05) is 12.3 Å². The average Bonchev–Trinajstić information content (AvgIpc) is 2.78. The van der Waals surface area contributed by atoms with Crippen molar-refractivity contribution in [3.05, 3.63) is 107 Å². The highest BCUT2D eigenvalue weighted by atomic mass is 19.1. The number of aliphatic hydroxyl groups is 1. The Balaban J connectivity index is 1.38. The highest BCUT2D eigenvalue weighted by Crippen LogP contribution is 2.34. The topological polar surface area (TPSA) is 41.5 Å². The van der Waals surface area contributed by atoms with Gasteiger partial charge in [0.05, 0.1) is 24.9 Å². The molecule has 4 heteroatoms. The molecule has 2 N–H and O–H groups in total. The lowest BCUT2D eigenvalue weighted by Crippen LogP contribution is -2.51. The lowest BCUT2D eigenvalue weighted by atomic mass is 9.82. The predicted molar refractivity (Wildman–Crippen MR) is 117 cm³/mol. The Morgan fingerprint density at radius 2 is 1.50 bits per heavy atom. The largest absolute Gasteiger partial charge is 0.391 e. The van der Waals surface area contributed by atoms with Crippen molar-refractivity contribution in [3.8, 4) is 0 Å². The summed E-state index contributed by atoms with van der Waals surface area (Å²) < 4.78 is 19.3. The maximum absolute atomic E-state index is 13.0. The first-order valence-corrected chi connectivity index (χ1v) is 10.6. The fourth-order valence-corrected chi connectivity index (χ4v) is 4.23. The van der Waals surface area contributed by atoms with Crippen LogP contribution in [0, 0.1) is 5.82 Å². The van der Waals surface area contributed by atoms with E-state index in [1.54, 1.807) is 12.1 Å². The van der Waals surface area contributed by atoms with E-state index in [1.165, 1.54) is 23.3 Å². The minimum Gasteiger partial charge on any atom is -0.391 e. The summed E-state index contributed by atoms with van der Waals surface area (Å²) in [6.45, 7) is 1.17. The van der Waals surface area contributed by atoms with E-state index in [4.69, 9.17) is 4.74 Å². The molecule has 156 valence electrons. The molecule has 0 aliphatic carbocycles. The quantitative estimate of drug-likeness (QED) is 0.616. The van der Waals surface area contributed by atoms with E-state index < -0.39 is 6.10 Å². The number of halogens is 1. The molecule has 1 aliphatic heterocycles. The molecule has 0 spiro atoms. The van der Waals surface area contributed by atoms with Crippen LogP contribution >= 0.6 is 0 Å². The molecule has 0 unspecified atom stereocenters. The smallest absolute Gasteiger partial charge is 0.123 e. The van der Waals surface area contributed by atoms with Crippen LogP contribution in [0.25, 0.3) is 0 Å². The van der Waals surface area contributed by atoms with E-state index in [-0.39, 0.29) is 23.9 Å². The lowest BCUT2D eigenvalue weighted by Gasteiger charge is -2.38. The van der Waals surface area contributed by atoms with Crippen molar-refractivity contribution < 1.29 is 14.2 Å². The molecule has 3 aromatic rings. The minimum atomic E-state index is -0.480. The summed E-state index contributed by atoms with van der Waals surface area (Å²) in [5.41, 5.74) is 3.47. The zero-order chi connectivity index (χ0) is 20.8. The number of hydrogen-bond acceptors (Lipinski definition) is 3. The number of aliphatic hydroxyl groups excluding tert-OH is 1. The molecule has 3 aromatic carbocycles. The average molecular weight is 406 g/mol. The number of benzene rings is 3. The predicted octanol–water partition coefficient (Wildman–Crippen LogP) is 4.31. The van der Waals surface area contributed by atoms with Crippen molar-refractivity contribution in [2.24, 2.45) is 0 Å². The molecule has 0 aromatic heterocycles. The Labute approximate surface area is 177 Å². The van der Waals surface area contributed by atoms with Crippen molar-refractivity contribution in [3.63, 3.8) is 0 Å². The number of hydrogen-bond donors (Lipinski definition) is 2. The molecule has 1 fully saturated rings. The minimum absolute atomic E-state index is 0.0834. The van der Waals surface area contributed by atoms with E-state index >= 15 is 0 Å². The zero-order valence-corrected chi connectivity index (χ0v) is 17.0. The normalized spacial score (nSPS) is 21.6. The fraction of sp³-hybridized carbons (Fsp3) is 0.308. The van der Waals surface area contributed by atoms with Crippen LogP contribution in [0.5, 0.6) is 0 Å². The third kappa shape index (κ3) is 5.14. The summed E-state index contributed by atoms with van der Waals surface area (Å²) >= 11 is 0. The van der Waals surface area contributed by atoms with Crippen molar-refractivity contribution in [1.29, 1.82) is 0 Å². The van der Waals surface area contributed by atoms with E-state index in [9.17, 15) is 9.50 Å². The molecule has 1 aliphatic rings. The van der Waals surface area contributed by atoms with Gasteiger partial charge in [-0.3, -0.25) is 0 Å². The molecular weight excluding hydrogens is 377 g/mol. The second-order valence-corrected chi connectivity index (χ2v) is 7.91. The van der Waals surface area contributed by atoms with E-state index in [0.29, 0.717) is 19.6 Å². The van der Waals surface area contributed by atoms with Crippen molar-refractivity contribution in [1.82, 2.24) is 5.32 Å². The van der Waals surface area contributed by atoms with Gasteiger partial charge in [-0.25, -0.2) is 4.39 Å². The van der Waals surface area contributed by atoms with Gasteiger partial charge in [0.25, 0.3) is 0 Å². The Hall–Kier alpha value is -2.53. The van der Waals surface area contributed by atoms with Gasteiger partial charge in [0.2, 0.25) is 0 Å². The fourth-order valence-electron chi connectivity index (χ4n) is 4.23. The first kappa shape index (κ1) is 20.7. The van der Waals surface area contributed by atoms with Crippen molar-refractivity contribution in [2.75, 3.05) is 13.2 Å². The molecule has 1 heterocycles. The van der Waals surface area contributed by atoms with Crippen LogP contribution in [0.2, 0.25) is 0 Å². The number of rotatable bonds is 7. The SMILES string of the molecule is O[C@H]1C[C@H](C(c2ccccc2)c2ccccc2)OC[C@@H]1NCCc1ccc(F)cc1. The summed E-state index contributed by atoms with van der Waals surface area (Å²) in [6.07, 6.45) is 0.790. The van der Waals surface area contributed by atoms with E-state index in [0.717, 1.165) is 12.0 Å². The summed E-state index contributed by atoms with van der Waals surface area (Å²) in [6, 6.07) is 27.2. The second-order valence-electron chi connectivity index (χ2n) is 7.91. The maximum atomic E-state index is 13.0. The maximum Gasteiger partial charge on any atom is 0.123 e. The molecule has 3 nitrogen and oxygen atoms in total. The molecule has 0 saturated carbocycles. The highest BCUT2D eigenvalue weighted by molar-refractivity contribution is 5.34. The first-order valence-electron chi connectivity index (χ1n) is 10.6. The Bertz CT molecular complexity index is 862. The van der Waals surface area contributed by atoms with Crippen LogP contribution in [0.3, 0.4) is 0 Å². The molecule has 0 amide bonds. The van der Waals surface area contributed by atoms with Crippen LogP contribution in [0.15, 0.2) is 84.9 Å².